The Balaban J connectivity index is 2.00. The molecule has 2 aromatic carbocycles. The molecule has 0 spiro atoms. The maximum absolute atomic E-state index is 11.9. The number of rotatable bonds is 7. The Morgan fingerprint density at radius 2 is 1.84 bits per heavy atom. The summed E-state index contributed by atoms with van der Waals surface area (Å²) in [7, 11) is 1.53. The number of carbonyl (C=O) groups excluding carboxylic acids is 2. The van der Waals surface area contributed by atoms with Crippen LogP contribution in [0.5, 0.6) is 5.75 Å². The number of hydrogen-bond donors (Lipinski definition) is 0. The van der Waals surface area contributed by atoms with Gasteiger partial charge in [0, 0.05) is 22.1 Å². The molecule has 0 aliphatic carbocycles. The van der Waals surface area contributed by atoms with Gasteiger partial charge in [-0.15, -0.1) is 11.8 Å². The first-order valence-electron chi connectivity index (χ1n) is 7.70. The summed E-state index contributed by atoms with van der Waals surface area (Å²) < 4.78 is 10.5. The molecule has 0 saturated carbocycles. The highest BCUT2D eigenvalue weighted by atomic mass is 32.2. The highest BCUT2D eigenvalue weighted by Gasteiger charge is 2.09. The molecule has 2 rings (SSSR count). The van der Waals surface area contributed by atoms with Crippen molar-refractivity contribution >= 4 is 29.6 Å². The van der Waals surface area contributed by atoms with Gasteiger partial charge in [0.25, 0.3) is 0 Å². The van der Waals surface area contributed by atoms with Crippen LogP contribution in [0.3, 0.4) is 0 Å². The van der Waals surface area contributed by atoms with Crippen LogP contribution >= 0.6 is 11.8 Å². The largest absolute Gasteiger partial charge is 0.496 e. The molecule has 0 unspecified atom stereocenters. The normalized spacial score (nSPS) is 10.7. The van der Waals surface area contributed by atoms with Crippen molar-refractivity contribution in [3.63, 3.8) is 0 Å². The van der Waals surface area contributed by atoms with Gasteiger partial charge in [-0.05, 0) is 55.2 Å². The van der Waals surface area contributed by atoms with Gasteiger partial charge in [0.05, 0.1) is 7.11 Å². The van der Waals surface area contributed by atoms with E-state index >= 15 is 0 Å². The molecule has 0 saturated heterocycles. The number of esters is 1. The summed E-state index contributed by atoms with van der Waals surface area (Å²) in [5.74, 6) is 0.0717. The zero-order valence-corrected chi connectivity index (χ0v) is 15.3. The lowest BCUT2D eigenvalue weighted by Crippen LogP contribution is -2.04. The average molecular weight is 356 g/mol. The van der Waals surface area contributed by atoms with Gasteiger partial charge >= 0.3 is 5.97 Å². The number of benzene rings is 2. The van der Waals surface area contributed by atoms with Gasteiger partial charge in [0.15, 0.2) is 5.78 Å². The van der Waals surface area contributed by atoms with E-state index in [1.165, 1.54) is 20.1 Å². The quantitative estimate of drug-likeness (QED) is 0.319. The van der Waals surface area contributed by atoms with E-state index in [1.807, 2.05) is 30.5 Å². The van der Waals surface area contributed by atoms with Crippen LogP contribution in [0.25, 0.3) is 6.08 Å². The van der Waals surface area contributed by atoms with Crippen molar-refractivity contribution < 1.29 is 19.1 Å². The van der Waals surface area contributed by atoms with Gasteiger partial charge in [-0.3, -0.25) is 4.79 Å². The lowest BCUT2D eigenvalue weighted by atomic mass is 10.1. The number of carbonyl (C=O) groups is 2. The molecule has 0 radical (unpaired) electrons. The zero-order valence-electron chi connectivity index (χ0n) is 14.4. The predicted molar refractivity (Wildman–Crippen MR) is 100 cm³/mol. The lowest BCUT2D eigenvalue weighted by molar-refractivity contribution is -0.138. The van der Waals surface area contributed by atoms with E-state index in [2.05, 4.69) is 0 Å². The van der Waals surface area contributed by atoms with E-state index in [1.54, 1.807) is 36.0 Å². The predicted octanol–water partition coefficient (Wildman–Crippen LogP) is 4.38. The number of methoxy groups -OCH3 is 1. The molecule has 25 heavy (non-hydrogen) atoms. The van der Waals surface area contributed by atoms with Crippen molar-refractivity contribution in [2.24, 2.45) is 0 Å². The molecule has 0 aromatic heterocycles. The Labute approximate surface area is 151 Å². The second-order valence-electron chi connectivity index (χ2n) is 5.30. The maximum Gasteiger partial charge on any atom is 0.331 e. The summed E-state index contributed by atoms with van der Waals surface area (Å²) in [6.45, 7) is 1.53. The summed E-state index contributed by atoms with van der Waals surface area (Å²) in [6, 6.07) is 12.9. The molecule has 0 amide bonds. The first-order chi connectivity index (χ1) is 12.0. The Morgan fingerprint density at radius 3 is 2.44 bits per heavy atom. The van der Waals surface area contributed by atoms with Crippen LogP contribution in [-0.4, -0.2) is 25.1 Å². The number of ether oxygens (including phenoxy) is 2. The van der Waals surface area contributed by atoms with Gasteiger partial charge in [-0.1, -0.05) is 12.1 Å². The fraction of sp³-hybridized carbons (Fsp3) is 0.200. The van der Waals surface area contributed by atoms with Crippen LogP contribution in [0.15, 0.2) is 53.4 Å². The van der Waals surface area contributed by atoms with Gasteiger partial charge in [0.1, 0.15) is 12.4 Å². The first kappa shape index (κ1) is 18.8. The second-order valence-corrected chi connectivity index (χ2v) is 6.18. The highest BCUT2D eigenvalue weighted by Crippen LogP contribution is 2.21. The molecule has 0 N–H and O–H groups in total. The molecule has 0 atom stereocenters. The monoisotopic (exact) mass is 356 g/mol. The molecule has 0 heterocycles. The minimum atomic E-state index is -0.454. The summed E-state index contributed by atoms with van der Waals surface area (Å²) >= 11 is 1.66. The molecule has 0 bridgehead atoms. The molecule has 2 aromatic rings. The van der Waals surface area contributed by atoms with E-state index in [-0.39, 0.29) is 12.4 Å². The van der Waals surface area contributed by atoms with E-state index in [9.17, 15) is 9.59 Å². The SMILES string of the molecule is COc1ccc(C(C)=O)cc1COC(=O)C=Cc1ccc(SC)cc1. The summed E-state index contributed by atoms with van der Waals surface area (Å²) in [4.78, 5) is 24.6. The molecular formula is C20H20O4S. The summed E-state index contributed by atoms with van der Waals surface area (Å²) in [5.41, 5.74) is 2.13. The third kappa shape index (κ3) is 5.50. The van der Waals surface area contributed by atoms with Gasteiger partial charge in [0.2, 0.25) is 0 Å². The molecular weight excluding hydrogens is 336 g/mol. The lowest BCUT2D eigenvalue weighted by Gasteiger charge is -2.09. The van der Waals surface area contributed by atoms with Crippen LogP contribution < -0.4 is 4.74 Å². The minimum Gasteiger partial charge on any atom is -0.496 e. The molecule has 5 heteroatoms. The van der Waals surface area contributed by atoms with Crippen molar-refractivity contribution in [2.75, 3.05) is 13.4 Å². The third-order valence-corrected chi connectivity index (χ3v) is 4.33. The van der Waals surface area contributed by atoms with E-state index < -0.39 is 5.97 Å². The molecule has 0 fully saturated rings. The third-order valence-electron chi connectivity index (χ3n) is 3.58. The van der Waals surface area contributed by atoms with Crippen molar-refractivity contribution in [2.45, 2.75) is 18.4 Å². The standard InChI is InChI=1S/C20H20O4S/c1-14(21)16-7-10-19(23-2)17(12-16)13-24-20(22)11-6-15-4-8-18(25-3)9-5-15/h4-12H,13H2,1-3H3. The Morgan fingerprint density at radius 1 is 1.12 bits per heavy atom. The van der Waals surface area contributed by atoms with E-state index in [4.69, 9.17) is 9.47 Å². The average Bonchev–Trinajstić information content (AvgIpc) is 2.64. The van der Waals surface area contributed by atoms with Crippen molar-refractivity contribution in [3.05, 3.63) is 65.2 Å². The number of Topliss-reactive ketones (excluding diaryl/α,β-unsaturated/α-hetero) is 1. The minimum absolute atomic E-state index is 0.0406. The Hall–Kier alpha value is -2.53. The fourth-order valence-corrected chi connectivity index (χ4v) is 2.59. The zero-order chi connectivity index (χ0) is 18.2. The van der Waals surface area contributed by atoms with E-state index in [0.717, 1.165) is 10.5 Å². The van der Waals surface area contributed by atoms with Crippen LogP contribution in [0.4, 0.5) is 0 Å². The van der Waals surface area contributed by atoms with Gasteiger partial charge in [-0.25, -0.2) is 4.79 Å². The van der Waals surface area contributed by atoms with Crippen molar-refractivity contribution in [3.8, 4) is 5.75 Å². The maximum atomic E-state index is 11.9. The van der Waals surface area contributed by atoms with Gasteiger partial charge < -0.3 is 9.47 Å². The molecule has 4 nitrogen and oxygen atoms in total. The van der Waals surface area contributed by atoms with Crippen LogP contribution in [0, 0.1) is 0 Å². The first-order valence-corrected chi connectivity index (χ1v) is 8.92. The Bertz CT molecular complexity index is 779. The number of thioether (sulfide) groups is 1. The fourth-order valence-electron chi connectivity index (χ4n) is 2.19. The topological polar surface area (TPSA) is 52.6 Å². The molecule has 0 aliphatic rings. The number of hydrogen-bond acceptors (Lipinski definition) is 5. The smallest absolute Gasteiger partial charge is 0.331 e. The summed E-state index contributed by atoms with van der Waals surface area (Å²) in [6.07, 6.45) is 5.10. The van der Waals surface area contributed by atoms with Crippen molar-refractivity contribution in [1.29, 1.82) is 0 Å². The Kier molecular flexibility index (Phi) is 6.83. The molecule has 130 valence electrons. The van der Waals surface area contributed by atoms with Crippen LogP contribution in [-0.2, 0) is 16.1 Å². The van der Waals surface area contributed by atoms with Crippen LogP contribution in [0.2, 0.25) is 0 Å². The second kappa shape index (κ2) is 9.08. The van der Waals surface area contributed by atoms with Crippen LogP contribution in [0.1, 0.15) is 28.4 Å². The number of ketones is 1. The summed E-state index contributed by atoms with van der Waals surface area (Å²) in [5, 5.41) is 0. The highest BCUT2D eigenvalue weighted by molar-refractivity contribution is 7.98. The van der Waals surface area contributed by atoms with Gasteiger partial charge in [-0.2, -0.15) is 0 Å². The van der Waals surface area contributed by atoms with Crippen molar-refractivity contribution in [1.82, 2.24) is 0 Å². The molecule has 0 aliphatic heterocycles. The van der Waals surface area contributed by atoms with E-state index in [0.29, 0.717) is 16.9 Å².